The van der Waals surface area contributed by atoms with Crippen molar-refractivity contribution in [1.82, 2.24) is 0 Å². The first-order chi connectivity index (χ1) is 39.5. The summed E-state index contributed by atoms with van der Waals surface area (Å²) in [6, 6.07) is 0. The van der Waals surface area contributed by atoms with Gasteiger partial charge in [-0.05, 0) is 57.3 Å². The smallest absolute Gasteiger partial charge is 0.462 e. The SMILES string of the molecule is CCCCCC/C=C\C=C/CCCCCCCC(=O)O[C@H](COC(=O)CCCCCCCCCCCC(C)C)COP(=O)(O)OC[C@@H](O)COP(=O)(O)OC[C@@H](COC(=O)CCCCCCCCC)OC(=O)CCCCCCCCCC. The van der Waals surface area contributed by atoms with E-state index >= 15 is 0 Å². The molecule has 5 atom stereocenters. The minimum atomic E-state index is -4.95. The quantitative estimate of drug-likeness (QED) is 0.0169. The fraction of sp³-hybridized carbons (Fsp3) is 0.873. The molecule has 0 amide bonds. The first-order valence-corrected chi connectivity index (χ1v) is 35.4. The van der Waals surface area contributed by atoms with E-state index in [2.05, 4.69) is 58.9 Å². The maximum atomic E-state index is 13.0. The molecule has 0 fully saturated rings. The lowest BCUT2D eigenvalue weighted by molar-refractivity contribution is -0.161. The van der Waals surface area contributed by atoms with Gasteiger partial charge in [-0.15, -0.1) is 0 Å². The number of ether oxygens (including phenoxy) is 4. The Labute approximate surface area is 497 Å². The minimum Gasteiger partial charge on any atom is -0.462 e. The van der Waals surface area contributed by atoms with Crippen LogP contribution in [-0.2, 0) is 65.4 Å². The van der Waals surface area contributed by atoms with Crippen LogP contribution in [0.5, 0.6) is 0 Å². The number of hydrogen-bond donors (Lipinski definition) is 3. The average molecular weight is 1210 g/mol. The van der Waals surface area contributed by atoms with Crippen LogP contribution in [0.3, 0.4) is 0 Å². The summed E-state index contributed by atoms with van der Waals surface area (Å²) in [6.07, 6.45) is 42.7. The van der Waals surface area contributed by atoms with E-state index in [1.807, 2.05) is 0 Å². The third-order valence-corrected chi connectivity index (χ3v) is 15.8. The number of phosphoric acid groups is 2. The number of allylic oxidation sites excluding steroid dienone is 4. The molecule has 0 bridgehead atoms. The first kappa shape index (κ1) is 79.5. The van der Waals surface area contributed by atoms with Crippen molar-refractivity contribution in [1.29, 1.82) is 0 Å². The van der Waals surface area contributed by atoms with Crippen molar-refractivity contribution in [2.75, 3.05) is 39.6 Å². The Kier molecular flexibility index (Phi) is 54.7. The molecule has 0 aliphatic heterocycles. The number of aliphatic hydroxyl groups excluding tert-OH is 1. The number of carbonyl (C=O) groups is 4. The first-order valence-electron chi connectivity index (χ1n) is 32.5. The summed E-state index contributed by atoms with van der Waals surface area (Å²) < 4.78 is 67.7. The van der Waals surface area contributed by atoms with Crippen molar-refractivity contribution in [3.8, 4) is 0 Å². The molecule has 19 heteroatoms. The molecule has 0 aromatic rings. The van der Waals surface area contributed by atoms with E-state index in [4.69, 9.17) is 37.0 Å². The Bertz CT molecular complexity index is 1690. The molecule has 0 aromatic heterocycles. The van der Waals surface area contributed by atoms with Gasteiger partial charge in [0.25, 0.3) is 0 Å². The van der Waals surface area contributed by atoms with Crippen LogP contribution in [0.1, 0.15) is 291 Å². The van der Waals surface area contributed by atoms with Crippen LogP contribution in [-0.4, -0.2) is 96.7 Å². The molecule has 482 valence electrons. The van der Waals surface area contributed by atoms with Gasteiger partial charge in [0.1, 0.15) is 19.3 Å². The molecule has 0 saturated carbocycles. The van der Waals surface area contributed by atoms with Gasteiger partial charge >= 0.3 is 39.5 Å². The van der Waals surface area contributed by atoms with Crippen molar-refractivity contribution >= 4 is 39.5 Å². The lowest BCUT2D eigenvalue weighted by Crippen LogP contribution is -2.30. The predicted molar refractivity (Wildman–Crippen MR) is 326 cm³/mol. The minimum absolute atomic E-state index is 0.0845. The molecular formula is C63H118O17P2. The molecule has 82 heavy (non-hydrogen) atoms. The number of aliphatic hydroxyl groups is 1. The van der Waals surface area contributed by atoms with Gasteiger partial charge in [0.2, 0.25) is 0 Å². The van der Waals surface area contributed by atoms with E-state index < -0.39 is 97.5 Å². The number of phosphoric ester groups is 2. The summed E-state index contributed by atoms with van der Waals surface area (Å²) in [5.41, 5.74) is 0. The fourth-order valence-corrected chi connectivity index (χ4v) is 10.4. The molecular weight excluding hydrogens is 1090 g/mol. The number of rotatable bonds is 61. The lowest BCUT2D eigenvalue weighted by atomic mass is 10.0. The fourth-order valence-electron chi connectivity index (χ4n) is 8.87. The van der Waals surface area contributed by atoms with E-state index in [1.165, 1.54) is 83.5 Å². The molecule has 17 nitrogen and oxygen atoms in total. The standard InChI is InChI=1S/C63H118O17P2/c1-6-9-12-15-18-20-21-22-23-24-25-28-34-39-44-49-63(68)80-59(53-74-61(66)47-42-37-33-29-26-27-31-35-40-45-56(4)5)55-78-82(71,72)76-51-57(64)50-75-81(69,70)77-54-58(52-73-60(65)46-41-36-30-17-14-11-8-3)79-62(67)48-43-38-32-19-16-13-10-7-2/h20-23,56-59,64H,6-19,24-55H2,1-5H3,(H,69,70)(H,71,72)/b21-20-,23-22-/t57-,58+,59+/m0/s1. The van der Waals surface area contributed by atoms with Crippen molar-refractivity contribution in [3.63, 3.8) is 0 Å². The third-order valence-electron chi connectivity index (χ3n) is 13.9. The maximum absolute atomic E-state index is 13.0. The van der Waals surface area contributed by atoms with Crippen molar-refractivity contribution in [2.24, 2.45) is 5.92 Å². The number of hydrogen-bond acceptors (Lipinski definition) is 15. The average Bonchev–Trinajstić information content (AvgIpc) is 3.46. The Morgan fingerprint density at radius 2 is 0.659 bits per heavy atom. The monoisotopic (exact) mass is 1210 g/mol. The molecule has 0 spiro atoms. The van der Waals surface area contributed by atoms with Crippen molar-refractivity contribution in [3.05, 3.63) is 24.3 Å². The predicted octanol–water partition coefficient (Wildman–Crippen LogP) is 17.0. The highest BCUT2D eigenvalue weighted by Crippen LogP contribution is 2.45. The van der Waals surface area contributed by atoms with Crippen LogP contribution in [0.15, 0.2) is 24.3 Å². The summed E-state index contributed by atoms with van der Waals surface area (Å²) in [6.45, 7) is 7.03. The van der Waals surface area contributed by atoms with Crippen LogP contribution in [0.2, 0.25) is 0 Å². The molecule has 0 saturated heterocycles. The van der Waals surface area contributed by atoms with Crippen molar-refractivity contribution in [2.45, 2.75) is 310 Å². The second-order valence-electron chi connectivity index (χ2n) is 22.6. The zero-order valence-corrected chi connectivity index (χ0v) is 53.9. The number of carbonyl (C=O) groups excluding carboxylic acids is 4. The van der Waals surface area contributed by atoms with Gasteiger partial charge in [0, 0.05) is 25.7 Å². The molecule has 3 N–H and O–H groups in total. The molecule has 0 aliphatic rings. The number of esters is 4. The zero-order chi connectivity index (χ0) is 60.6. The highest BCUT2D eigenvalue weighted by atomic mass is 31.2. The van der Waals surface area contributed by atoms with E-state index in [0.29, 0.717) is 25.7 Å². The molecule has 0 aromatic carbocycles. The molecule has 2 unspecified atom stereocenters. The summed E-state index contributed by atoms with van der Waals surface area (Å²) >= 11 is 0. The van der Waals surface area contributed by atoms with Gasteiger partial charge in [-0.3, -0.25) is 37.3 Å². The van der Waals surface area contributed by atoms with E-state index in [9.17, 15) is 43.2 Å². The molecule has 0 heterocycles. The van der Waals surface area contributed by atoms with Crippen molar-refractivity contribution < 1.29 is 80.2 Å². The summed E-state index contributed by atoms with van der Waals surface area (Å²) in [5.74, 6) is -1.43. The normalized spacial score (nSPS) is 14.5. The second-order valence-corrected chi connectivity index (χ2v) is 25.5. The van der Waals surface area contributed by atoms with Gasteiger partial charge in [-0.2, -0.15) is 0 Å². The lowest BCUT2D eigenvalue weighted by Gasteiger charge is -2.21. The largest absolute Gasteiger partial charge is 0.472 e. The van der Waals surface area contributed by atoms with Gasteiger partial charge < -0.3 is 33.8 Å². The highest BCUT2D eigenvalue weighted by molar-refractivity contribution is 7.47. The van der Waals surface area contributed by atoms with Gasteiger partial charge in [-0.1, -0.05) is 239 Å². The summed E-state index contributed by atoms with van der Waals surface area (Å²) in [5, 5.41) is 10.5. The van der Waals surface area contributed by atoms with E-state index in [0.717, 1.165) is 128 Å². The molecule has 0 aliphatic carbocycles. The Hall–Kier alpha value is -2.46. The van der Waals surface area contributed by atoms with Crippen LogP contribution >= 0.6 is 15.6 Å². The van der Waals surface area contributed by atoms with Gasteiger partial charge in [-0.25, -0.2) is 9.13 Å². The summed E-state index contributed by atoms with van der Waals surface area (Å²) in [7, 11) is -9.89. The highest BCUT2D eigenvalue weighted by Gasteiger charge is 2.30. The Morgan fingerprint density at radius 3 is 1.00 bits per heavy atom. The maximum Gasteiger partial charge on any atom is 0.472 e. The van der Waals surface area contributed by atoms with E-state index in [1.54, 1.807) is 0 Å². The molecule has 0 radical (unpaired) electrons. The van der Waals surface area contributed by atoms with E-state index in [-0.39, 0.29) is 25.7 Å². The topological polar surface area (TPSA) is 237 Å². The molecule has 0 rings (SSSR count). The number of unbranched alkanes of at least 4 members (excludes halogenated alkanes) is 30. The van der Waals surface area contributed by atoms with Crippen LogP contribution in [0, 0.1) is 5.92 Å². The Morgan fingerprint density at radius 1 is 0.378 bits per heavy atom. The van der Waals surface area contributed by atoms with Crippen LogP contribution in [0.4, 0.5) is 0 Å². The van der Waals surface area contributed by atoms with Gasteiger partial charge in [0.15, 0.2) is 12.2 Å². The van der Waals surface area contributed by atoms with Crippen LogP contribution in [0.25, 0.3) is 0 Å². The zero-order valence-electron chi connectivity index (χ0n) is 52.1. The second kappa shape index (κ2) is 56.4. The van der Waals surface area contributed by atoms with Gasteiger partial charge in [0.05, 0.1) is 26.4 Å². The third kappa shape index (κ3) is 56.7. The van der Waals surface area contributed by atoms with Crippen LogP contribution < -0.4 is 0 Å². The summed E-state index contributed by atoms with van der Waals surface area (Å²) in [4.78, 5) is 71.9. The Balaban J connectivity index is 5.24.